The molecule has 84 valence electrons. The molecule has 1 unspecified atom stereocenters. The van der Waals surface area contributed by atoms with Gasteiger partial charge in [0.2, 0.25) is 0 Å². The first-order valence-corrected chi connectivity index (χ1v) is 4.93. The van der Waals surface area contributed by atoms with Crippen molar-refractivity contribution >= 4 is 29.5 Å². The Kier molecular flexibility index (Phi) is 3.51. The molecule has 0 amide bonds. The fraction of sp³-hybridized carbons (Fsp3) is 0.444. The van der Waals surface area contributed by atoms with Gasteiger partial charge in [-0.15, -0.1) is 11.6 Å². The lowest BCUT2D eigenvalue weighted by atomic mass is 9.79. The lowest BCUT2D eigenvalue weighted by Crippen LogP contribution is -2.41. The van der Waals surface area contributed by atoms with Crippen LogP contribution in [0, 0.1) is 5.41 Å². The van der Waals surface area contributed by atoms with Crippen LogP contribution in [0.3, 0.4) is 0 Å². The van der Waals surface area contributed by atoms with Crippen LogP contribution in [-0.4, -0.2) is 18.3 Å². The molecule has 15 heavy (non-hydrogen) atoms. The van der Waals surface area contributed by atoms with Crippen LogP contribution in [0.5, 0.6) is 0 Å². The molecular formula is C9H7Cl2F3O. The van der Waals surface area contributed by atoms with Gasteiger partial charge < -0.3 is 0 Å². The Morgan fingerprint density at radius 1 is 1.47 bits per heavy atom. The van der Waals surface area contributed by atoms with Gasteiger partial charge in [0.1, 0.15) is 11.7 Å². The maximum Gasteiger partial charge on any atom is 0.400 e. The number of rotatable bonds is 2. The molecule has 0 saturated heterocycles. The van der Waals surface area contributed by atoms with E-state index in [1.165, 1.54) is 6.08 Å². The fourth-order valence-electron chi connectivity index (χ4n) is 1.33. The predicted molar refractivity (Wildman–Crippen MR) is 51.9 cm³/mol. The van der Waals surface area contributed by atoms with Gasteiger partial charge in [-0.2, -0.15) is 13.2 Å². The zero-order chi connectivity index (χ0) is 11.7. The first-order valence-electron chi connectivity index (χ1n) is 4.02. The second-order valence-corrected chi connectivity index (χ2v) is 3.94. The Labute approximate surface area is 94.5 Å². The molecule has 1 aliphatic carbocycles. The lowest BCUT2D eigenvalue weighted by Gasteiger charge is -2.35. The molecule has 0 saturated carbocycles. The summed E-state index contributed by atoms with van der Waals surface area (Å²) >= 11 is 10.9. The summed E-state index contributed by atoms with van der Waals surface area (Å²) in [6.07, 6.45) is -2.34. The summed E-state index contributed by atoms with van der Waals surface area (Å²) in [6, 6.07) is 0. The number of allylic oxidation sites excluding steroid dienone is 4. The Morgan fingerprint density at radius 3 is 2.47 bits per heavy atom. The standard InChI is InChI=1S/C9H7Cl2F3O/c10-5-8(9(12,13)14)3-6(4-15)1-2-7(8)11/h1-2,4H,3,5H2. The first-order chi connectivity index (χ1) is 6.87. The van der Waals surface area contributed by atoms with Crippen molar-refractivity contribution in [1.82, 2.24) is 0 Å². The third-order valence-corrected chi connectivity index (χ3v) is 3.27. The van der Waals surface area contributed by atoms with Gasteiger partial charge in [0, 0.05) is 10.9 Å². The normalized spacial score (nSPS) is 27.0. The third kappa shape index (κ3) is 2.06. The molecule has 0 N–H and O–H groups in total. The van der Waals surface area contributed by atoms with Gasteiger partial charge >= 0.3 is 6.18 Å². The summed E-state index contributed by atoms with van der Waals surface area (Å²) in [4.78, 5) is 10.4. The smallest absolute Gasteiger partial charge is 0.298 e. The number of halogens is 5. The number of aldehydes is 1. The SMILES string of the molecule is O=CC1=CC=C(Cl)C(CCl)(C(F)(F)F)C1. The van der Waals surface area contributed by atoms with E-state index in [1.54, 1.807) is 0 Å². The van der Waals surface area contributed by atoms with E-state index in [9.17, 15) is 18.0 Å². The van der Waals surface area contributed by atoms with Gasteiger partial charge in [0.25, 0.3) is 0 Å². The molecule has 6 heteroatoms. The average Bonchev–Trinajstić information content (AvgIpc) is 2.17. The molecule has 0 spiro atoms. The van der Waals surface area contributed by atoms with Crippen LogP contribution in [0.4, 0.5) is 13.2 Å². The number of alkyl halides is 4. The minimum atomic E-state index is -4.56. The average molecular weight is 259 g/mol. The van der Waals surface area contributed by atoms with E-state index in [2.05, 4.69) is 0 Å². The molecule has 0 aromatic heterocycles. The van der Waals surface area contributed by atoms with Gasteiger partial charge in [-0.05, 0) is 18.1 Å². The minimum absolute atomic E-state index is 0.0392. The van der Waals surface area contributed by atoms with Crippen molar-refractivity contribution in [3.8, 4) is 0 Å². The second kappa shape index (κ2) is 4.18. The van der Waals surface area contributed by atoms with E-state index >= 15 is 0 Å². The van der Waals surface area contributed by atoms with Crippen LogP contribution >= 0.6 is 23.2 Å². The Morgan fingerprint density at radius 2 is 2.07 bits per heavy atom. The monoisotopic (exact) mass is 258 g/mol. The number of hydrogen-bond acceptors (Lipinski definition) is 1. The van der Waals surface area contributed by atoms with E-state index in [4.69, 9.17) is 23.2 Å². The van der Waals surface area contributed by atoms with Crippen LogP contribution in [0.1, 0.15) is 6.42 Å². The zero-order valence-electron chi connectivity index (χ0n) is 7.44. The highest BCUT2D eigenvalue weighted by Gasteiger charge is 2.57. The molecule has 0 fully saturated rings. The van der Waals surface area contributed by atoms with Crippen molar-refractivity contribution in [2.75, 3.05) is 5.88 Å². The molecular weight excluding hydrogens is 252 g/mol. The molecule has 0 radical (unpaired) electrons. The summed E-state index contributed by atoms with van der Waals surface area (Å²) in [5.41, 5.74) is -2.28. The van der Waals surface area contributed by atoms with E-state index in [0.29, 0.717) is 6.29 Å². The summed E-state index contributed by atoms with van der Waals surface area (Å²) in [6.45, 7) is 0. The van der Waals surface area contributed by atoms with E-state index < -0.39 is 23.9 Å². The summed E-state index contributed by atoms with van der Waals surface area (Å²) in [5, 5.41) is -0.379. The topological polar surface area (TPSA) is 17.1 Å². The van der Waals surface area contributed by atoms with Gasteiger partial charge in [0.15, 0.2) is 0 Å². The Balaban J connectivity index is 3.19. The molecule has 1 aliphatic rings. The summed E-state index contributed by atoms with van der Waals surface area (Å²) < 4.78 is 38.4. The van der Waals surface area contributed by atoms with Gasteiger partial charge in [-0.3, -0.25) is 4.79 Å². The van der Waals surface area contributed by atoms with Crippen molar-refractivity contribution in [1.29, 1.82) is 0 Å². The minimum Gasteiger partial charge on any atom is -0.298 e. The van der Waals surface area contributed by atoms with Gasteiger partial charge in [-0.25, -0.2) is 0 Å². The molecule has 0 heterocycles. The van der Waals surface area contributed by atoms with Crippen molar-refractivity contribution in [3.05, 3.63) is 22.8 Å². The van der Waals surface area contributed by atoms with Crippen LogP contribution in [-0.2, 0) is 4.79 Å². The molecule has 1 rings (SSSR count). The Bertz CT molecular complexity index is 333. The van der Waals surface area contributed by atoms with Crippen LogP contribution in [0.2, 0.25) is 0 Å². The number of carbonyl (C=O) groups excluding carboxylic acids is 1. The third-order valence-electron chi connectivity index (χ3n) is 2.33. The highest BCUT2D eigenvalue weighted by Crippen LogP contribution is 2.52. The highest BCUT2D eigenvalue weighted by atomic mass is 35.5. The van der Waals surface area contributed by atoms with Crippen molar-refractivity contribution < 1.29 is 18.0 Å². The number of carbonyl (C=O) groups is 1. The van der Waals surface area contributed by atoms with Crippen molar-refractivity contribution in [2.24, 2.45) is 5.41 Å². The van der Waals surface area contributed by atoms with Gasteiger partial charge in [-0.1, -0.05) is 17.7 Å². The fourth-order valence-corrected chi connectivity index (χ4v) is 2.10. The molecule has 0 bridgehead atoms. The van der Waals surface area contributed by atoms with Crippen LogP contribution < -0.4 is 0 Å². The molecule has 1 nitrogen and oxygen atoms in total. The maximum atomic E-state index is 12.8. The molecule has 0 aromatic rings. The van der Waals surface area contributed by atoms with E-state index in [1.807, 2.05) is 0 Å². The maximum absolute atomic E-state index is 12.8. The summed E-state index contributed by atoms with van der Waals surface area (Å²) in [5.74, 6) is -0.697. The quantitative estimate of drug-likeness (QED) is 0.548. The second-order valence-electron chi connectivity index (χ2n) is 3.26. The Hall–Kier alpha value is -0.480. The molecule has 0 aromatic carbocycles. The van der Waals surface area contributed by atoms with Crippen LogP contribution in [0.25, 0.3) is 0 Å². The lowest BCUT2D eigenvalue weighted by molar-refractivity contribution is -0.199. The van der Waals surface area contributed by atoms with Gasteiger partial charge in [0.05, 0.1) is 0 Å². The zero-order valence-corrected chi connectivity index (χ0v) is 8.96. The largest absolute Gasteiger partial charge is 0.400 e. The molecule has 1 atom stereocenters. The number of hydrogen-bond donors (Lipinski definition) is 0. The first kappa shape index (κ1) is 12.6. The van der Waals surface area contributed by atoms with E-state index in [0.717, 1.165) is 6.08 Å². The van der Waals surface area contributed by atoms with Crippen LogP contribution in [0.15, 0.2) is 22.8 Å². The van der Waals surface area contributed by atoms with Crippen molar-refractivity contribution in [3.63, 3.8) is 0 Å². The summed E-state index contributed by atoms with van der Waals surface area (Å²) in [7, 11) is 0. The molecule has 0 aliphatic heterocycles. The highest BCUT2D eigenvalue weighted by molar-refractivity contribution is 6.31. The predicted octanol–water partition coefficient (Wildman–Crippen LogP) is 3.43. The van der Waals surface area contributed by atoms with E-state index in [-0.39, 0.29) is 10.6 Å². The van der Waals surface area contributed by atoms with Crippen molar-refractivity contribution in [2.45, 2.75) is 12.6 Å².